The van der Waals surface area contributed by atoms with Gasteiger partial charge in [0.15, 0.2) is 0 Å². The van der Waals surface area contributed by atoms with Crippen molar-refractivity contribution in [3.8, 4) is 5.75 Å². The number of rotatable bonds is 1. The number of hydrogen-bond donors (Lipinski definition) is 1. The van der Waals surface area contributed by atoms with Gasteiger partial charge in [0.05, 0.1) is 5.39 Å². The molecule has 2 aromatic heterocycles. The molecular formula is C22H22N2O2S. The van der Waals surface area contributed by atoms with E-state index in [0.29, 0.717) is 0 Å². The van der Waals surface area contributed by atoms with Crippen LogP contribution in [0.2, 0.25) is 0 Å². The normalized spacial score (nSPS) is 18.3. The largest absolute Gasteiger partial charge is 0.508 e. The van der Waals surface area contributed by atoms with Crippen molar-refractivity contribution >= 4 is 33.2 Å². The molecule has 3 aromatic rings. The van der Waals surface area contributed by atoms with Crippen LogP contribution in [0.5, 0.6) is 5.75 Å². The van der Waals surface area contributed by atoms with E-state index in [-0.39, 0.29) is 11.3 Å². The summed E-state index contributed by atoms with van der Waals surface area (Å²) in [5.74, 6) is 1.07. The highest BCUT2D eigenvalue weighted by atomic mass is 32.1. The summed E-state index contributed by atoms with van der Waals surface area (Å²) in [5, 5.41) is 10.6. The number of phenolic OH excluding ortho intramolecular Hbond substituents is 1. The quantitative estimate of drug-likeness (QED) is 0.664. The van der Waals surface area contributed by atoms with Crippen molar-refractivity contribution in [2.45, 2.75) is 51.5 Å². The van der Waals surface area contributed by atoms with Crippen LogP contribution < -0.4 is 5.56 Å². The zero-order valence-corrected chi connectivity index (χ0v) is 16.0. The van der Waals surface area contributed by atoms with E-state index in [1.807, 2.05) is 16.7 Å². The fraction of sp³-hybridized carbons (Fsp3) is 0.364. The van der Waals surface area contributed by atoms with Crippen molar-refractivity contribution in [1.29, 1.82) is 0 Å². The number of aryl methyl sites for hydroxylation is 2. The van der Waals surface area contributed by atoms with Gasteiger partial charge in [0, 0.05) is 11.4 Å². The number of thiophene rings is 1. The molecule has 0 amide bonds. The van der Waals surface area contributed by atoms with E-state index in [1.54, 1.807) is 23.5 Å². The van der Waals surface area contributed by atoms with Crippen LogP contribution in [0.15, 0.2) is 29.1 Å². The number of hydrogen-bond acceptors (Lipinski definition) is 4. The zero-order chi connectivity index (χ0) is 18.4. The van der Waals surface area contributed by atoms with Crippen molar-refractivity contribution in [1.82, 2.24) is 9.55 Å². The van der Waals surface area contributed by atoms with Crippen molar-refractivity contribution in [2.24, 2.45) is 0 Å². The topological polar surface area (TPSA) is 55.1 Å². The molecule has 0 atom stereocenters. The first-order valence-corrected chi connectivity index (χ1v) is 10.6. The summed E-state index contributed by atoms with van der Waals surface area (Å²) in [6, 6.07) is 7.24. The molecule has 0 radical (unpaired) electrons. The molecule has 0 unspecified atom stereocenters. The molecule has 0 fully saturated rings. The minimum absolute atomic E-state index is 0.137. The fourth-order valence-corrected chi connectivity index (χ4v) is 5.59. The van der Waals surface area contributed by atoms with Gasteiger partial charge in [0.25, 0.3) is 5.56 Å². The lowest BCUT2D eigenvalue weighted by atomic mass is 9.97. The van der Waals surface area contributed by atoms with Gasteiger partial charge < -0.3 is 5.11 Å². The molecule has 0 saturated heterocycles. The third kappa shape index (κ3) is 2.90. The van der Waals surface area contributed by atoms with Gasteiger partial charge in [-0.25, -0.2) is 4.98 Å². The van der Waals surface area contributed by atoms with E-state index in [9.17, 15) is 9.90 Å². The second-order valence-corrected chi connectivity index (χ2v) is 8.59. The van der Waals surface area contributed by atoms with Crippen LogP contribution in [0, 0.1) is 0 Å². The minimum atomic E-state index is 0.137. The standard InChI is InChI=1S/C22H22N2O2S/c25-16-8-5-6-14(13-16)12-15-7-3-4-11-24-20(15)23-21-19(22(24)26)17-9-1-2-10-18(17)27-21/h5-6,8,12-13,25H,1-4,7,9-11H2/b15-12+. The summed E-state index contributed by atoms with van der Waals surface area (Å²) in [4.78, 5) is 20.6. The predicted molar refractivity (Wildman–Crippen MR) is 110 cm³/mol. The molecule has 1 aliphatic carbocycles. The Morgan fingerprint density at radius 2 is 1.96 bits per heavy atom. The van der Waals surface area contributed by atoms with E-state index in [1.165, 1.54) is 23.3 Å². The van der Waals surface area contributed by atoms with Gasteiger partial charge in [-0.3, -0.25) is 9.36 Å². The number of fused-ring (bicyclic) bond motifs is 4. The molecule has 1 aromatic carbocycles. The lowest BCUT2D eigenvalue weighted by Gasteiger charge is -2.13. The lowest BCUT2D eigenvalue weighted by molar-refractivity contribution is 0.475. The Labute approximate surface area is 161 Å². The van der Waals surface area contributed by atoms with Crippen molar-refractivity contribution in [3.05, 3.63) is 56.4 Å². The molecule has 0 saturated carbocycles. The van der Waals surface area contributed by atoms with Gasteiger partial charge >= 0.3 is 0 Å². The zero-order valence-electron chi connectivity index (χ0n) is 15.2. The number of nitrogens with zero attached hydrogens (tertiary/aromatic N) is 2. The summed E-state index contributed by atoms with van der Waals surface area (Å²) in [6.45, 7) is 0.735. The maximum Gasteiger partial charge on any atom is 0.262 e. The molecule has 1 aliphatic heterocycles. The molecule has 138 valence electrons. The van der Waals surface area contributed by atoms with Crippen molar-refractivity contribution in [2.75, 3.05) is 0 Å². The fourth-order valence-electron chi connectivity index (χ4n) is 4.34. The van der Waals surface area contributed by atoms with Gasteiger partial charge in [-0.05, 0) is 79.9 Å². The van der Waals surface area contributed by atoms with E-state index >= 15 is 0 Å². The Balaban J connectivity index is 1.73. The number of aromatic nitrogens is 2. The average Bonchev–Trinajstić information content (AvgIpc) is 2.92. The Hall–Kier alpha value is -2.40. The lowest BCUT2D eigenvalue weighted by Crippen LogP contribution is -2.24. The minimum Gasteiger partial charge on any atom is -0.508 e. The summed E-state index contributed by atoms with van der Waals surface area (Å²) >= 11 is 1.71. The molecule has 3 heterocycles. The first kappa shape index (κ1) is 16.8. The van der Waals surface area contributed by atoms with Gasteiger partial charge in [-0.1, -0.05) is 12.1 Å². The molecule has 2 aliphatic rings. The van der Waals surface area contributed by atoms with Crippen molar-refractivity contribution in [3.63, 3.8) is 0 Å². The Morgan fingerprint density at radius 1 is 1.11 bits per heavy atom. The highest BCUT2D eigenvalue weighted by Gasteiger charge is 2.24. The third-order valence-corrected chi connectivity index (χ3v) is 6.84. The molecule has 5 rings (SSSR count). The molecular weight excluding hydrogens is 356 g/mol. The summed E-state index contributed by atoms with van der Waals surface area (Å²) in [6.07, 6.45) is 9.48. The van der Waals surface area contributed by atoms with Crippen LogP contribution >= 0.6 is 11.3 Å². The summed E-state index contributed by atoms with van der Waals surface area (Å²) in [5.41, 5.74) is 3.43. The van der Waals surface area contributed by atoms with E-state index in [0.717, 1.165) is 65.8 Å². The number of phenols is 1. The third-order valence-electron chi connectivity index (χ3n) is 5.65. The molecule has 5 heteroatoms. The van der Waals surface area contributed by atoms with Gasteiger partial charge in [0.1, 0.15) is 16.4 Å². The highest BCUT2D eigenvalue weighted by Crippen LogP contribution is 2.35. The molecule has 4 nitrogen and oxygen atoms in total. The molecule has 27 heavy (non-hydrogen) atoms. The Bertz CT molecular complexity index is 1120. The number of allylic oxidation sites excluding steroid dienone is 1. The van der Waals surface area contributed by atoms with Crippen LogP contribution in [0.4, 0.5) is 0 Å². The maximum absolute atomic E-state index is 13.4. The number of aromatic hydroxyl groups is 1. The second kappa shape index (κ2) is 6.64. The van der Waals surface area contributed by atoms with Crippen LogP contribution in [0.25, 0.3) is 21.9 Å². The van der Waals surface area contributed by atoms with Crippen molar-refractivity contribution < 1.29 is 5.11 Å². The molecule has 0 spiro atoms. The van der Waals surface area contributed by atoms with E-state index in [2.05, 4.69) is 6.08 Å². The average molecular weight is 378 g/mol. The maximum atomic E-state index is 13.4. The smallest absolute Gasteiger partial charge is 0.262 e. The van der Waals surface area contributed by atoms with Crippen LogP contribution in [0.3, 0.4) is 0 Å². The monoisotopic (exact) mass is 378 g/mol. The Kier molecular flexibility index (Phi) is 4.12. The van der Waals surface area contributed by atoms with Gasteiger partial charge in [-0.2, -0.15) is 0 Å². The first-order chi connectivity index (χ1) is 13.2. The summed E-state index contributed by atoms with van der Waals surface area (Å²) in [7, 11) is 0. The Morgan fingerprint density at radius 3 is 2.85 bits per heavy atom. The first-order valence-electron chi connectivity index (χ1n) is 9.76. The van der Waals surface area contributed by atoms with E-state index < -0.39 is 0 Å². The van der Waals surface area contributed by atoms with Crippen LogP contribution in [-0.2, 0) is 19.4 Å². The van der Waals surface area contributed by atoms with Crippen LogP contribution in [0.1, 0.15) is 53.9 Å². The SMILES string of the molecule is O=c1c2c3c(sc2nc2n1CCCC/C2=C\c1cccc(O)c1)CCCC3. The molecule has 0 bridgehead atoms. The highest BCUT2D eigenvalue weighted by molar-refractivity contribution is 7.18. The van der Waals surface area contributed by atoms with Gasteiger partial charge in [0.2, 0.25) is 0 Å². The van der Waals surface area contributed by atoms with Gasteiger partial charge in [-0.15, -0.1) is 11.3 Å². The molecule has 1 N–H and O–H groups in total. The van der Waals surface area contributed by atoms with E-state index in [4.69, 9.17) is 4.98 Å². The van der Waals surface area contributed by atoms with Crippen LogP contribution in [-0.4, -0.2) is 14.7 Å². The number of benzene rings is 1. The predicted octanol–water partition coefficient (Wildman–Crippen LogP) is 4.77. The summed E-state index contributed by atoms with van der Waals surface area (Å²) < 4.78 is 1.89. The second-order valence-electron chi connectivity index (χ2n) is 7.50.